The normalized spacial score (nSPS) is 10.0. The second-order valence-corrected chi connectivity index (χ2v) is 3.19. The minimum absolute atomic E-state index is 0.230. The lowest BCUT2D eigenvalue weighted by molar-refractivity contribution is 0.128. The summed E-state index contributed by atoms with van der Waals surface area (Å²) in [5, 5.41) is 12.2. The lowest BCUT2D eigenvalue weighted by Gasteiger charge is -2.01. The Kier molecular flexibility index (Phi) is 4.35. The number of ether oxygens (including phenoxy) is 1. The molecule has 6 nitrogen and oxygen atoms in total. The number of hydrogen-bond acceptors (Lipinski definition) is 5. The first kappa shape index (κ1) is 10.9. The first-order valence-electron chi connectivity index (χ1n) is 4.04. The van der Waals surface area contributed by atoms with E-state index in [1.165, 1.54) is 0 Å². The van der Waals surface area contributed by atoms with E-state index in [1.807, 2.05) is 6.07 Å². The van der Waals surface area contributed by atoms with Gasteiger partial charge in [0.25, 0.3) is 0 Å². The van der Waals surface area contributed by atoms with Gasteiger partial charge in [-0.3, -0.25) is 0 Å². The largest absolute Gasteiger partial charge is 0.378 e. The van der Waals surface area contributed by atoms with Crippen LogP contribution in [0.5, 0.6) is 0 Å². The van der Waals surface area contributed by atoms with Gasteiger partial charge in [0, 0.05) is 0 Å². The average Bonchev–Trinajstić information content (AvgIpc) is 2.45. The molecule has 0 aliphatic heterocycles. The molecule has 0 atom stereocenters. The summed E-state index contributed by atoms with van der Waals surface area (Å²) in [7, 11) is 0. The third kappa shape index (κ3) is 3.32. The predicted octanol–water partition coefficient (Wildman–Crippen LogP) is 0.553. The summed E-state index contributed by atoms with van der Waals surface area (Å²) >= 11 is 3.20. The van der Waals surface area contributed by atoms with Crippen molar-refractivity contribution in [2.45, 2.75) is 13.0 Å². The highest BCUT2D eigenvalue weighted by Gasteiger charge is 2.03. The van der Waals surface area contributed by atoms with Crippen molar-refractivity contribution in [2.24, 2.45) is 0 Å². The second-order valence-electron chi connectivity index (χ2n) is 2.48. The summed E-state index contributed by atoms with van der Waals surface area (Å²) in [4.78, 5) is 3.86. The van der Waals surface area contributed by atoms with Gasteiger partial charge in [-0.15, -0.1) is 5.10 Å². The highest BCUT2D eigenvalue weighted by molar-refractivity contribution is 9.10. The second kappa shape index (κ2) is 5.57. The van der Waals surface area contributed by atoms with E-state index in [0.29, 0.717) is 30.9 Å². The molecule has 76 valence electrons. The van der Waals surface area contributed by atoms with Crippen molar-refractivity contribution in [3.63, 3.8) is 0 Å². The van der Waals surface area contributed by atoms with Crippen LogP contribution >= 0.6 is 15.9 Å². The molecule has 0 saturated carbocycles. The molecule has 1 rings (SSSR count). The van der Waals surface area contributed by atoms with E-state index in [4.69, 9.17) is 15.7 Å². The highest BCUT2D eigenvalue weighted by Crippen LogP contribution is 2.07. The van der Waals surface area contributed by atoms with Crippen molar-refractivity contribution < 1.29 is 4.74 Å². The van der Waals surface area contributed by atoms with Gasteiger partial charge in [0.05, 0.1) is 32.2 Å². The van der Waals surface area contributed by atoms with E-state index in [2.05, 4.69) is 26.0 Å². The molecule has 0 spiro atoms. The molecule has 0 radical (unpaired) electrons. The zero-order valence-corrected chi connectivity index (χ0v) is 9.07. The summed E-state index contributed by atoms with van der Waals surface area (Å²) < 4.78 is 7.35. The zero-order chi connectivity index (χ0) is 10.4. The molecule has 1 aromatic rings. The maximum absolute atomic E-state index is 8.25. The van der Waals surface area contributed by atoms with Crippen LogP contribution in [0.3, 0.4) is 0 Å². The molecule has 0 saturated heterocycles. The molecule has 14 heavy (non-hydrogen) atoms. The number of hydrogen-bond donors (Lipinski definition) is 1. The van der Waals surface area contributed by atoms with Crippen LogP contribution in [0.25, 0.3) is 0 Å². The van der Waals surface area contributed by atoms with Crippen molar-refractivity contribution in [3.05, 3.63) is 4.73 Å². The Morgan fingerprint density at radius 2 is 2.36 bits per heavy atom. The van der Waals surface area contributed by atoms with Gasteiger partial charge in [0.15, 0.2) is 4.73 Å². The van der Waals surface area contributed by atoms with Gasteiger partial charge in [0.2, 0.25) is 5.95 Å². The van der Waals surface area contributed by atoms with Gasteiger partial charge in [-0.2, -0.15) is 10.2 Å². The summed E-state index contributed by atoms with van der Waals surface area (Å²) in [6.45, 7) is 1.50. The Morgan fingerprint density at radius 1 is 1.57 bits per heavy atom. The zero-order valence-electron chi connectivity index (χ0n) is 7.48. The first-order valence-corrected chi connectivity index (χ1v) is 4.84. The van der Waals surface area contributed by atoms with E-state index >= 15 is 0 Å². The fourth-order valence-electron chi connectivity index (χ4n) is 0.853. The van der Waals surface area contributed by atoms with Gasteiger partial charge in [0.1, 0.15) is 0 Å². The smallest absolute Gasteiger partial charge is 0.240 e. The van der Waals surface area contributed by atoms with Crippen LogP contribution in [0.2, 0.25) is 0 Å². The van der Waals surface area contributed by atoms with E-state index in [1.54, 1.807) is 4.68 Å². The first-order chi connectivity index (χ1) is 6.74. The Balaban J connectivity index is 2.25. The number of anilines is 1. The number of aromatic nitrogens is 3. The van der Waals surface area contributed by atoms with Crippen molar-refractivity contribution in [3.8, 4) is 6.07 Å². The minimum Gasteiger partial charge on any atom is -0.378 e. The summed E-state index contributed by atoms with van der Waals surface area (Å²) in [5.41, 5.74) is 5.37. The van der Waals surface area contributed by atoms with E-state index in [0.717, 1.165) is 0 Å². The molecule has 2 N–H and O–H groups in total. The fraction of sp³-hybridized carbons (Fsp3) is 0.571. The van der Waals surface area contributed by atoms with Crippen molar-refractivity contribution in [1.29, 1.82) is 5.26 Å². The number of nitrogens with zero attached hydrogens (tertiary/aromatic N) is 4. The molecule has 0 unspecified atom stereocenters. The van der Waals surface area contributed by atoms with Gasteiger partial charge >= 0.3 is 0 Å². The van der Waals surface area contributed by atoms with E-state index in [-0.39, 0.29) is 5.95 Å². The third-order valence-corrected chi connectivity index (χ3v) is 2.04. The van der Waals surface area contributed by atoms with Crippen LogP contribution in [0, 0.1) is 11.3 Å². The maximum atomic E-state index is 8.25. The SMILES string of the molecule is N#CCCOCCn1nc(N)nc1Br. The molecule has 0 amide bonds. The van der Waals surface area contributed by atoms with Gasteiger partial charge < -0.3 is 10.5 Å². The van der Waals surface area contributed by atoms with Crippen molar-refractivity contribution >= 4 is 21.9 Å². The number of nitrogen functional groups attached to an aromatic ring is 1. The molecule has 0 aromatic carbocycles. The number of halogens is 1. The Morgan fingerprint density at radius 3 is 2.93 bits per heavy atom. The topological polar surface area (TPSA) is 89.8 Å². The average molecular weight is 260 g/mol. The fourth-order valence-corrected chi connectivity index (χ4v) is 1.29. The van der Waals surface area contributed by atoms with Crippen LogP contribution in [0.15, 0.2) is 4.73 Å². The molecule has 1 heterocycles. The standard InChI is InChI=1S/C7H10BrN5O/c8-6-11-7(10)12-13(6)3-5-14-4-1-2-9/h1,3-5H2,(H2,10,12). The number of rotatable bonds is 5. The molecule has 0 fully saturated rings. The van der Waals surface area contributed by atoms with Crippen LogP contribution in [0.4, 0.5) is 5.95 Å². The highest BCUT2D eigenvalue weighted by atomic mass is 79.9. The molecular formula is C7H10BrN5O. The van der Waals surface area contributed by atoms with Gasteiger partial charge in [-0.25, -0.2) is 4.68 Å². The molecule has 0 aliphatic carbocycles. The van der Waals surface area contributed by atoms with Crippen molar-refractivity contribution in [2.75, 3.05) is 18.9 Å². The van der Waals surface area contributed by atoms with Crippen LogP contribution in [0.1, 0.15) is 6.42 Å². The monoisotopic (exact) mass is 259 g/mol. The lowest BCUT2D eigenvalue weighted by atomic mass is 10.5. The van der Waals surface area contributed by atoms with Crippen LogP contribution in [-0.2, 0) is 11.3 Å². The van der Waals surface area contributed by atoms with E-state index in [9.17, 15) is 0 Å². The number of nitrogens with two attached hydrogens (primary N) is 1. The molecule has 7 heteroatoms. The molecule has 0 bridgehead atoms. The maximum Gasteiger partial charge on any atom is 0.240 e. The molecule has 1 aromatic heterocycles. The number of nitriles is 1. The minimum atomic E-state index is 0.230. The van der Waals surface area contributed by atoms with E-state index < -0.39 is 0 Å². The summed E-state index contributed by atoms with van der Waals surface area (Å²) in [6.07, 6.45) is 0.403. The lowest BCUT2D eigenvalue weighted by Crippen LogP contribution is -2.08. The predicted molar refractivity (Wildman–Crippen MR) is 53.2 cm³/mol. The molecular weight excluding hydrogens is 250 g/mol. The van der Waals surface area contributed by atoms with Gasteiger partial charge in [-0.05, 0) is 15.9 Å². The van der Waals surface area contributed by atoms with Gasteiger partial charge in [-0.1, -0.05) is 0 Å². The Hall–Kier alpha value is -1.13. The molecule has 0 aliphatic rings. The van der Waals surface area contributed by atoms with Crippen LogP contribution < -0.4 is 5.73 Å². The summed E-state index contributed by atoms with van der Waals surface area (Å²) in [6, 6.07) is 1.99. The third-order valence-electron chi connectivity index (χ3n) is 1.45. The van der Waals surface area contributed by atoms with Crippen molar-refractivity contribution in [1.82, 2.24) is 14.8 Å². The quantitative estimate of drug-likeness (QED) is 0.781. The van der Waals surface area contributed by atoms with Crippen LogP contribution in [-0.4, -0.2) is 28.0 Å². The Labute approximate surface area is 89.8 Å². The summed E-state index contributed by atoms with van der Waals surface area (Å²) in [5.74, 6) is 0.230. The Bertz CT molecular complexity index is 331.